The molecule has 4 saturated heterocycles. The number of fused-ring (bicyclic) bond motifs is 2. The van der Waals surface area contributed by atoms with Gasteiger partial charge in [-0.3, -0.25) is 9.69 Å². The maximum atomic E-state index is 13.2. The monoisotopic (exact) mass is 352 g/mol. The van der Waals surface area contributed by atoms with Crippen molar-refractivity contribution in [3.8, 4) is 0 Å². The van der Waals surface area contributed by atoms with Gasteiger partial charge in [-0.2, -0.15) is 0 Å². The van der Waals surface area contributed by atoms with Gasteiger partial charge in [-0.25, -0.2) is 0 Å². The Morgan fingerprint density at radius 1 is 1.42 bits per heavy atom. The van der Waals surface area contributed by atoms with Gasteiger partial charge in [0.2, 0.25) is 0 Å². The molecule has 1 saturated carbocycles. The first-order valence-electron chi connectivity index (χ1n) is 9.64. The highest BCUT2D eigenvalue weighted by Gasteiger charge is 2.82. The Labute approximate surface area is 153 Å². The van der Waals surface area contributed by atoms with Gasteiger partial charge in [-0.15, -0.1) is 0 Å². The van der Waals surface area contributed by atoms with Crippen LogP contribution in [0.4, 0.5) is 5.69 Å². The van der Waals surface area contributed by atoms with Gasteiger partial charge in [0, 0.05) is 35.6 Å². The summed E-state index contributed by atoms with van der Waals surface area (Å²) in [6, 6.07) is 8.89. The molecule has 5 nitrogen and oxygen atoms in total. The first-order chi connectivity index (χ1) is 12.6. The smallest absolute Gasteiger partial charge is 0.316 e. The van der Waals surface area contributed by atoms with E-state index in [1.807, 2.05) is 12.1 Å². The van der Waals surface area contributed by atoms with Gasteiger partial charge in [0.25, 0.3) is 0 Å². The van der Waals surface area contributed by atoms with Crippen LogP contribution in [-0.2, 0) is 14.9 Å². The number of allylic oxidation sites excluding steroid dienone is 1. The Morgan fingerprint density at radius 3 is 3.00 bits per heavy atom. The predicted octanol–water partition coefficient (Wildman–Crippen LogP) is 1.68. The minimum atomic E-state index is -0.848. The maximum Gasteiger partial charge on any atom is 0.316 e. The van der Waals surface area contributed by atoms with Gasteiger partial charge in [-0.1, -0.05) is 29.8 Å². The molecule has 7 rings (SSSR count). The number of carbonyl (C=O) groups is 1. The van der Waals surface area contributed by atoms with Crippen LogP contribution >= 0.6 is 0 Å². The lowest BCUT2D eigenvalue weighted by atomic mass is 9.58. The quantitative estimate of drug-likeness (QED) is 0.595. The molecule has 5 fully saturated rings. The van der Waals surface area contributed by atoms with Crippen molar-refractivity contribution in [3.63, 3.8) is 0 Å². The van der Waals surface area contributed by atoms with Gasteiger partial charge in [0.15, 0.2) is 0 Å². The summed E-state index contributed by atoms with van der Waals surface area (Å²) >= 11 is 0. The Morgan fingerprint density at radius 2 is 2.23 bits per heavy atom. The minimum absolute atomic E-state index is 0.0570. The number of hydrogen-bond donors (Lipinski definition) is 2. The number of hydrogen-bond acceptors (Lipinski definition) is 5. The molecule has 1 aromatic carbocycles. The van der Waals surface area contributed by atoms with Crippen molar-refractivity contribution in [1.29, 1.82) is 0 Å². The topological polar surface area (TPSA) is 61.8 Å². The maximum absolute atomic E-state index is 13.2. The van der Waals surface area contributed by atoms with Gasteiger partial charge in [-0.05, 0) is 31.4 Å². The predicted molar refractivity (Wildman–Crippen MR) is 96.7 cm³/mol. The van der Waals surface area contributed by atoms with Crippen LogP contribution in [0.5, 0.6) is 0 Å². The fourth-order valence-corrected chi connectivity index (χ4v) is 7.49. The first kappa shape index (κ1) is 15.2. The lowest BCUT2D eigenvalue weighted by molar-refractivity contribution is -0.179. The summed E-state index contributed by atoms with van der Waals surface area (Å²) in [4.78, 5) is 15.7. The molecule has 5 heteroatoms. The van der Waals surface area contributed by atoms with Crippen LogP contribution < -0.4 is 5.32 Å². The fourth-order valence-electron chi connectivity index (χ4n) is 7.49. The van der Waals surface area contributed by atoms with Gasteiger partial charge in [0.05, 0.1) is 19.3 Å². The summed E-state index contributed by atoms with van der Waals surface area (Å²) in [6.45, 7) is 2.96. The van der Waals surface area contributed by atoms with E-state index in [0.29, 0.717) is 6.04 Å². The molecule has 0 aromatic heterocycles. The van der Waals surface area contributed by atoms with E-state index in [9.17, 15) is 9.90 Å². The first-order valence-corrected chi connectivity index (χ1v) is 9.64. The van der Waals surface area contributed by atoms with Crippen molar-refractivity contribution in [3.05, 3.63) is 41.5 Å². The Hall–Kier alpha value is -1.85. The molecular formula is C21H24N2O3. The van der Waals surface area contributed by atoms with Gasteiger partial charge in [0.1, 0.15) is 5.41 Å². The Bertz CT molecular complexity index is 867. The van der Waals surface area contributed by atoms with E-state index in [0.717, 1.165) is 25.1 Å². The van der Waals surface area contributed by atoms with Crippen molar-refractivity contribution in [2.75, 3.05) is 19.0 Å². The summed E-state index contributed by atoms with van der Waals surface area (Å²) in [7, 11) is 1.46. The van der Waals surface area contributed by atoms with Gasteiger partial charge >= 0.3 is 5.97 Å². The number of nitrogens with one attached hydrogen (secondary N) is 1. The zero-order valence-corrected chi connectivity index (χ0v) is 15.1. The van der Waals surface area contributed by atoms with Crippen molar-refractivity contribution >= 4 is 11.7 Å². The fraction of sp³-hybridized carbons (Fsp3) is 0.571. The lowest BCUT2D eigenvalue weighted by Gasteiger charge is -2.60. The third-order valence-corrected chi connectivity index (χ3v) is 8.30. The highest BCUT2D eigenvalue weighted by molar-refractivity contribution is 5.84. The molecule has 2 unspecified atom stereocenters. The number of ether oxygens (including phenoxy) is 1. The SMILES string of the molecule is C/C=C1/CN2[C@H]3C[C@@]45c6ccccc6NC4[C@@H]2C[C@@H]1[C@]3(C(=O)OC)[C@H]5O. The lowest BCUT2D eigenvalue weighted by Crippen LogP contribution is -2.71. The summed E-state index contributed by atoms with van der Waals surface area (Å²) in [5.74, 6) is -0.154. The van der Waals surface area contributed by atoms with Crippen LogP contribution in [-0.4, -0.2) is 53.9 Å². The number of methoxy groups -OCH3 is 1. The number of piperidine rings is 4. The number of aliphatic hydroxyl groups is 1. The van der Waals surface area contributed by atoms with Crippen LogP contribution in [0.2, 0.25) is 0 Å². The molecule has 5 heterocycles. The van der Waals surface area contributed by atoms with Crippen molar-refractivity contribution < 1.29 is 14.6 Å². The Kier molecular flexibility index (Phi) is 2.65. The van der Waals surface area contributed by atoms with E-state index in [1.165, 1.54) is 18.2 Å². The molecule has 5 aliphatic heterocycles. The van der Waals surface area contributed by atoms with Crippen LogP contribution in [0.15, 0.2) is 35.9 Å². The van der Waals surface area contributed by atoms with Crippen LogP contribution in [0, 0.1) is 11.3 Å². The second kappa shape index (κ2) is 4.52. The molecule has 1 aromatic rings. The zero-order valence-electron chi connectivity index (χ0n) is 15.1. The van der Waals surface area contributed by atoms with Crippen molar-refractivity contribution in [2.24, 2.45) is 11.3 Å². The van der Waals surface area contributed by atoms with E-state index in [-0.39, 0.29) is 24.0 Å². The summed E-state index contributed by atoms with van der Waals surface area (Å²) in [6.07, 6.45) is 3.15. The number of rotatable bonds is 1. The second-order valence-electron chi connectivity index (χ2n) is 8.65. The molecular weight excluding hydrogens is 328 g/mol. The van der Waals surface area contributed by atoms with E-state index in [4.69, 9.17) is 4.74 Å². The highest BCUT2D eigenvalue weighted by Crippen LogP contribution is 2.71. The molecule has 136 valence electrons. The van der Waals surface area contributed by atoms with Gasteiger partial charge < -0.3 is 15.2 Å². The van der Waals surface area contributed by atoms with E-state index in [2.05, 4.69) is 35.3 Å². The van der Waals surface area contributed by atoms with E-state index < -0.39 is 16.9 Å². The van der Waals surface area contributed by atoms with E-state index >= 15 is 0 Å². The van der Waals surface area contributed by atoms with Crippen LogP contribution in [0.25, 0.3) is 0 Å². The average Bonchev–Trinajstić information content (AvgIpc) is 3.13. The summed E-state index contributed by atoms with van der Waals surface area (Å²) < 4.78 is 5.34. The standard InChI is InChI=1S/C21H24N2O3/c1-3-11-10-23-15-8-13(11)21(19(25)26-2)16(23)9-20(18(21)24)12-6-4-5-7-14(12)22-17(15)20/h3-7,13,15-18,22,24H,8-10H2,1-2H3/b11-3-/t13-,15-,16-,17?,18-,20+,21+/m0/s1. The second-order valence-corrected chi connectivity index (χ2v) is 8.65. The normalized spacial score (nSPS) is 50.5. The highest BCUT2D eigenvalue weighted by atomic mass is 16.5. The number of nitrogens with zero attached hydrogens (tertiary/aromatic N) is 1. The molecule has 5 bridgehead atoms. The molecule has 6 aliphatic rings. The largest absolute Gasteiger partial charge is 0.468 e. The Balaban J connectivity index is 1.65. The molecule has 2 N–H and O–H groups in total. The number of anilines is 1. The summed E-state index contributed by atoms with van der Waals surface area (Å²) in [5.41, 5.74) is 2.34. The molecule has 0 radical (unpaired) electrons. The molecule has 26 heavy (non-hydrogen) atoms. The van der Waals surface area contributed by atoms with E-state index in [1.54, 1.807) is 0 Å². The molecule has 0 amide bonds. The molecule has 1 aliphatic carbocycles. The summed E-state index contributed by atoms with van der Waals surface area (Å²) in [5, 5.41) is 15.6. The number of carbonyl (C=O) groups excluding carboxylic acids is 1. The minimum Gasteiger partial charge on any atom is -0.468 e. The third kappa shape index (κ3) is 1.28. The van der Waals surface area contributed by atoms with Crippen LogP contribution in [0.3, 0.4) is 0 Å². The van der Waals surface area contributed by atoms with Crippen molar-refractivity contribution in [2.45, 2.75) is 49.4 Å². The third-order valence-electron chi connectivity index (χ3n) is 8.30. The number of esters is 1. The van der Waals surface area contributed by atoms with Crippen LogP contribution in [0.1, 0.15) is 25.3 Å². The number of aliphatic hydroxyl groups excluding tert-OH is 1. The number of benzene rings is 1. The zero-order chi connectivity index (χ0) is 17.8. The number of para-hydroxylation sites is 1. The molecule has 1 spiro atoms. The van der Waals surface area contributed by atoms with Crippen molar-refractivity contribution in [1.82, 2.24) is 4.90 Å². The molecule has 8 atom stereocenters. The average molecular weight is 352 g/mol.